The van der Waals surface area contributed by atoms with Crippen molar-refractivity contribution >= 4 is 17.6 Å². The van der Waals surface area contributed by atoms with Crippen molar-refractivity contribution in [2.45, 2.75) is 6.18 Å². The van der Waals surface area contributed by atoms with Gasteiger partial charge >= 0.3 is 12.1 Å². The van der Waals surface area contributed by atoms with Gasteiger partial charge in [0.05, 0.1) is 23.9 Å². The van der Waals surface area contributed by atoms with Gasteiger partial charge in [0.1, 0.15) is 0 Å². The number of anilines is 1. The lowest BCUT2D eigenvalue weighted by molar-refractivity contribution is -0.136. The highest BCUT2D eigenvalue weighted by Crippen LogP contribution is 2.34. The fourth-order valence-corrected chi connectivity index (χ4v) is 1.94. The number of carbonyl (C=O) groups excluding carboxylic acids is 2. The van der Waals surface area contributed by atoms with Crippen LogP contribution in [-0.2, 0) is 10.9 Å². The molecule has 0 unspecified atom stereocenters. The van der Waals surface area contributed by atoms with Crippen molar-refractivity contribution in [2.24, 2.45) is 0 Å². The van der Waals surface area contributed by atoms with E-state index in [0.717, 1.165) is 12.1 Å². The first-order chi connectivity index (χ1) is 10.8. The molecule has 0 aliphatic heterocycles. The fraction of sp³-hybridized carbons (Fsp3) is 0.125. The highest BCUT2D eigenvalue weighted by atomic mass is 19.4. The minimum absolute atomic E-state index is 0.0462. The number of esters is 1. The molecule has 0 radical (unpaired) electrons. The van der Waals surface area contributed by atoms with E-state index >= 15 is 0 Å². The first-order valence-corrected chi connectivity index (χ1v) is 6.49. The van der Waals surface area contributed by atoms with E-state index in [9.17, 15) is 22.8 Å². The Morgan fingerprint density at radius 3 is 2.30 bits per heavy atom. The summed E-state index contributed by atoms with van der Waals surface area (Å²) in [5.41, 5.74) is -1.12. The Kier molecular flexibility index (Phi) is 4.68. The zero-order valence-electron chi connectivity index (χ0n) is 12.0. The number of nitrogens with one attached hydrogen (secondary N) is 1. The molecule has 0 saturated carbocycles. The molecule has 4 nitrogen and oxygen atoms in total. The molecule has 7 heteroatoms. The number of para-hydroxylation sites is 1. The minimum atomic E-state index is -4.59. The Morgan fingerprint density at radius 1 is 1.00 bits per heavy atom. The van der Waals surface area contributed by atoms with Gasteiger partial charge in [-0.05, 0) is 30.3 Å². The van der Waals surface area contributed by atoms with Crippen LogP contribution in [0.5, 0.6) is 0 Å². The number of ether oxygens (including phenoxy) is 1. The van der Waals surface area contributed by atoms with Crippen LogP contribution in [0.15, 0.2) is 48.5 Å². The number of benzene rings is 2. The summed E-state index contributed by atoms with van der Waals surface area (Å²) in [6.07, 6.45) is -4.59. The summed E-state index contributed by atoms with van der Waals surface area (Å²) >= 11 is 0. The number of amides is 1. The molecule has 23 heavy (non-hydrogen) atoms. The highest BCUT2D eigenvalue weighted by molar-refractivity contribution is 6.06. The predicted octanol–water partition coefficient (Wildman–Crippen LogP) is 3.74. The normalized spacial score (nSPS) is 11.0. The van der Waals surface area contributed by atoms with Crippen molar-refractivity contribution < 1.29 is 27.5 Å². The SMILES string of the molecule is COC(=O)c1cccc(C(=O)Nc2ccccc2C(F)(F)F)c1. The summed E-state index contributed by atoms with van der Waals surface area (Å²) in [5.74, 6) is -1.40. The molecule has 0 bridgehead atoms. The van der Waals surface area contributed by atoms with Crippen molar-refractivity contribution in [1.82, 2.24) is 0 Å². The van der Waals surface area contributed by atoms with E-state index in [0.29, 0.717) is 0 Å². The van der Waals surface area contributed by atoms with Gasteiger partial charge in [-0.25, -0.2) is 4.79 Å². The lowest BCUT2D eigenvalue weighted by atomic mass is 10.1. The molecule has 0 heterocycles. The summed E-state index contributed by atoms with van der Waals surface area (Å²) in [6.45, 7) is 0. The van der Waals surface area contributed by atoms with Gasteiger partial charge in [0.15, 0.2) is 0 Å². The molecular weight excluding hydrogens is 311 g/mol. The summed E-state index contributed by atoms with van der Waals surface area (Å²) in [7, 11) is 1.19. The molecule has 120 valence electrons. The minimum Gasteiger partial charge on any atom is -0.465 e. The maximum Gasteiger partial charge on any atom is 0.418 e. The van der Waals surface area contributed by atoms with Crippen LogP contribution in [0.3, 0.4) is 0 Å². The van der Waals surface area contributed by atoms with E-state index in [2.05, 4.69) is 10.1 Å². The fourth-order valence-electron chi connectivity index (χ4n) is 1.94. The molecule has 0 aromatic heterocycles. The Bertz CT molecular complexity index is 741. The lowest BCUT2D eigenvalue weighted by Crippen LogP contribution is -2.17. The average molecular weight is 323 g/mol. The predicted molar refractivity (Wildman–Crippen MR) is 77.2 cm³/mol. The quantitative estimate of drug-likeness (QED) is 0.875. The second-order valence-electron chi connectivity index (χ2n) is 4.57. The Balaban J connectivity index is 2.29. The van der Waals surface area contributed by atoms with Crippen LogP contribution >= 0.6 is 0 Å². The van der Waals surface area contributed by atoms with Crippen molar-refractivity contribution in [3.8, 4) is 0 Å². The maximum absolute atomic E-state index is 12.9. The van der Waals surface area contributed by atoms with Crippen molar-refractivity contribution in [3.05, 3.63) is 65.2 Å². The Hall–Kier alpha value is -2.83. The van der Waals surface area contributed by atoms with Crippen LogP contribution in [0.25, 0.3) is 0 Å². The van der Waals surface area contributed by atoms with E-state index in [-0.39, 0.29) is 16.8 Å². The summed E-state index contributed by atoms with van der Waals surface area (Å²) in [5, 5.41) is 2.21. The molecule has 2 aromatic rings. The molecule has 0 spiro atoms. The number of rotatable bonds is 3. The third-order valence-corrected chi connectivity index (χ3v) is 3.03. The molecule has 0 fully saturated rings. The van der Waals surface area contributed by atoms with E-state index in [1.165, 1.54) is 43.5 Å². The standard InChI is InChI=1S/C16H12F3NO3/c1-23-15(22)11-6-4-5-10(9-11)14(21)20-13-8-3-2-7-12(13)16(17,18)19/h2-9H,1H3,(H,20,21). The van der Waals surface area contributed by atoms with E-state index in [4.69, 9.17) is 0 Å². The second kappa shape index (κ2) is 6.51. The number of halogens is 3. The van der Waals surface area contributed by atoms with Crippen LogP contribution in [-0.4, -0.2) is 19.0 Å². The van der Waals surface area contributed by atoms with Crippen LogP contribution in [0.1, 0.15) is 26.3 Å². The van der Waals surface area contributed by atoms with Gasteiger partial charge in [0.2, 0.25) is 0 Å². The summed E-state index contributed by atoms with van der Waals surface area (Å²) in [4.78, 5) is 23.6. The van der Waals surface area contributed by atoms with Gasteiger partial charge in [-0.15, -0.1) is 0 Å². The third kappa shape index (κ3) is 3.88. The Morgan fingerprint density at radius 2 is 1.65 bits per heavy atom. The molecule has 1 N–H and O–H groups in total. The monoisotopic (exact) mass is 323 g/mol. The molecule has 0 atom stereocenters. The van der Waals surface area contributed by atoms with Gasteiger partial charge in [-0.3, -0.25) is 4.79 Å². The zero-order chi connectivity index (χ0) is 17.0. The molecule has 0 saturated heterocycles. The number of methoxy groups -OCH3 is 1. The van der Waals surface area contributed by atoms with Gasteiger partial charge < -0.3 is 10.1 Å². The van der Waals surface area contributed by atoms with E-state index in [1.807, 2.05) is 0 Å². The Labute approximate surface area is 129 Å². The van der Waals surface area contributed by atoms with Crippen molar-refractivity contribution in [1.29, 1.82) is 0 Å². The third-order valence-electron chi connectivity index (χ3n) is 3.03. The largest absolute Gasteiger partial charge is 0.465 e. The van der Waals surface area contributed by atoms with Gasteiger partial charge in [0, 0.05) is 5.56 Å². The molecule has 0 aliphatic carbocycles. The number of hydrogen-bond donors (Lipinski definition) is 1. The van der Waals surface area contributed by atoms with Crippen molar-refractivity contribution in [3.63, 3.8) is 0 Å². The van der Waals surface area contributed by atoms with Gasteiger partial charge in [0.25, 0.3) is 5.91 Å². The molecule has 1 amide bonds. The summed E-state index contributed by atoms with van der Waals surface area (Å²) < 4.78 is 43.2. The summed E-state index contributed by atoms with van der Waals surface area (Å²) in [6, 6.07) is 10.2. The number of hydrogen-bond acceptors (Lipinski definition) is 3. The highest BCUT2D eigenvalue weighted by Gasteiger charge is 2.33. The lowest BCUT2D eigenvalue weighted by Gasteiger charge is -2.13. The molecule has 2 rings (SSSR count). The first kappa shape index (κ1) is 16.5. The number of carbonyl (C=O) groups is 2. The second-order valence-corrected chi connectivity index (χ2v) is 4.57. The van der Waals surface area contributed by atoms with Crippen LogP contribution in [0.2, 0.25) is 0 Å². The molecule has 2 aromatic carbocycles. The first-order valence-electron chi connectivity index (χ1n) is 6.49. The van der Waals surface area contributed by atoms with Crippen LogP contribution in [0, 0.1) is 0 Å². The number of alkyl halides is 3. The average Bonchev–Trinajstić information content (AvgIpc) is 2.53. The van der Waals surface area contributed by atoms with Gasteiger partial charge in [-0.1, -0.05) is 18.2 Å². The molecular formula is C16H12F3NO3. The maximum atomic E-state index is 12.9. The van der Waals surface area contributed by atoms with Crippen LogP contribution < -0.4 is 5.32 Å². The van der Waals surface area contributed by atoms with E-state index < -0.39 is 23.6 Å². The van der Waals surface area contributed by atoms with Crippen molar-refractivity contribution in [2.75, 3.05) is 12.4 Å². The zero-order valence-corrected chi connectivity index (χ0v) is 12.0. The van der Waals surface area contributed by atoms with Gasteiger partial charge in [-0.2, -0.15) is 13.2 Å². The topological polar surface area (TPSA) is 55.4 Å². The van der Waals surface area contributed by atoms with E-state index in [1.54, 1.807) is 0 Å². The molecule has 0 aliphatic rings. The van der Waals surface area contributed by atoms with Crippen LogP contribution in [0.4, 0.5) is 18.9 Å². The smallest absolute Gasteiger partial charge is 0.418 e.